The Hall–Kier alpha value is -1.30. The van der Waals surface area contributed by atoms with E-state index >= 15 is 0 Å². The summed E-state index contributed by atoms with van der Waals surface area (Å²) in [6.07, 6.45) is -1.74. The Morgan fingerprint density at radius 2 is 2.31 bits per heavy atom. The first-order valence-electron chi connectivity index (χ1n) is 3.86. The number of nitrogens with one attached hydrogen (secondary N) is 2. The van der Waals surface area contributed by atoms with Gasteiger partial charge in [0.25, 0.3) is 18.0 Å². The number of nitrogens with zero attached hydrogens (tertiary/aromatic N) is 1. The second-order valence-electron chi connectivity index (χ2n) is 2.60. The molecule has 72 valence electrons. The molecule has 1 heterocycles. The van der Waals surface area contributed by atoms with Gasteiger partial charge in [0.05, 0.1) is 0 Å². The van der Waals surface area contributed by atoms with Crippen molar-refractivity contribution in [3.05, 3.63) is 0 Å². The van der Waals surface area contributed by atoms with Gasteiger partial charge in [-0.1, -0.05) is 0 Å². The van der Waals surface area contributed by atoms with Crippen LogP contribution < -0.4 is 10.6 Å². The minimum absolute atomic E-state index is 0.221. The van der Waals surface area contributed by atoms with Crippen molar-refractivity contribution in [2.45, 2.75) is 12.6 Å². The maximum Gasteiger partial charge on any atom is 0.291 e. The van der Waals surface area contributed by atoms with E-state index in [9.17, 15) is 14.0 Å². The van der Waals surface area contributed by atoms with Crippen molar-refractivity contribution in [1.82, 2.24) is 10.6 Å². The molecule has 2 N–H and O–H groups in total. The van der Waals surface area contributed by atoms with Crippen LogP contribution in [0.4, 0.5) is 4.39 Å². The van der Waals surface area contributed by atoms with Crippen LogP contribution in [-0.4, -0.2) is 37.4 Å². The molecule has 6 heteroatoms. The first kappa shape index (κ1) is 9.79. The lowest BCUT2D eigenvalue weighted by Gasteiger charge is -2.14. The third-order valence-corrected chi connectivity index (χ3v) is 1.57. The third-order valence-electron chi connectivity index (χ3n) is 1.57. The van der Waals surface area contributed by atoms with Crippen LogP contribution in [0.2, 0.25) is 0 Å². The van der Waals surface area contributed by atoms with Crippen LogP contribution in [0.1, 0.15) is 6.42 Å². The molecule has 1 unspecified atom stereocenters. The van der Waals surface area contributed by atoms with Gasteiger partial charge in [-0.3, -0.25) is 9.59 Å². The molecule has 1 atom stereocenters. The lowest BCUT2D eigenvalue weighted by atomic mass is 10.2. The number of halogens is 1. The lowest BCUT2D eigenvalue weighted by Crippen LogP contribution is -2.45. The molecule has 0 aliphatic carbocycles. The van der Waals surface area contributed by atoms with Crippen LogP contribution in [0.15, 0.2) is 4.99 Å². The van der Waals surface area contributed by atoms with Gasteiger partial charge in [0.1, 0.15) is 5.84 Å². The van der Waals surface area contributed by atoms with E-state index in [2.05, 4.69) is 15.6 Å². The second kappa shape index (κ2) is 4.08. The maximum absolute atomic E-state index is 12.6. The molecule has 0 fully saturated rings. The summed E-state index contributed by atoms with van der Waals surface area (Å²) in [6.45, 7) is 0.573. The summed E-state index contributed by atoms with van der Waals surface area (Å²) in [5.41, 5.74) is 0. The van der Waals surface area contributed by atoms with Gasteiger partial charge in [-0.05, 0) is 7.05 Å². The summed E-state index contributed by atoms with van der Waals surface area (Å²) in [6, 6.07) is 0. The molecular formula is C7H10FN3O2. The van der Waals surface area contributed by atoms with Crippen molar-refractivity contribution in [2.24, 2.45) is 4.99 Å². The van der Waals surface area contributed by atoms with Crippen LogP contribution in [0, 0.1) is 0 Å². The van der Waals surface area contributed by atoms with Crippen molar-refractivity contribution >= 4 is 17.6 Å². The average Bonchev–Trinajstić information content (AvgIpc) is 2.10. The minimum Gasteiger partial charge on any atom is -0.319 e. The fourth-order valence-corrected chi connectivity index (χ4v) is 0.897. The normalized spacial score (nSPS) is 22.6. The standard InChI is InChI=1S/C7H10FN3O2/c1-9-3-2-4-10-6(12)5(8)7(13)11-4/h5,9H,2-3H2,1H3,(H,10,11,12,13). The largest absolute Gasteiger partial charge is 0.319 e. The molecule has 0 bridgehead atoms. The molecule has 2 amide bonds. The number of hydrogen-bond acceptors (Lipinski definition) is 3. The average molecular weight is 187 g/mol. The van der Waals surface area contributed by atoms with Gasteiger partial charge in [0.2, 0.25) is 0 Å². The summed E-state index contributed by atoms with van der Waals surface area (Å²) in [4.78, 5) is 24.9. The number of rotatable bonds is 3. The molecule has 0 aromatic rings. The van der Waals surface area contributed by atoms with Crippen LogP contribution in [0.3, 0.4) is 0 Å². The fraction of sp³-hybridized carbons (Fsp3) is 0.571. The third kappa shape index (κ3) is 2.32. The first-order valence-corrected chi connectivity index (χ1v) is 3.86. The summed E-state index contributed by atoms with van der Waals surface area (Å²) in [7, 11) is 1.73. The molecule has 0 aromatic carbocycles. The zero-order valence-electron chi connectivity index (χ0n) is 7.13. The summed E-state index contributed by atoms with van der Waals surface area (Å²) in [5, 5.41) is 5.03. The number of alkyl halides is 1. The van der Waals surface area contributed by atoms with E-state index in [4.69, 9.17) is 0 Å². The van der Waals surface area contributed by atoms with Crippen molar-refractivity contribution in [2.75, 3.05) is 13.6 Å². The minimum atomic E-state index is -2.14. The van der Waals surface area contributed by atoms with E-state index in [1.807, 2.05) is 0 Å². The van der Waals surface area contributed by atoms with Gasteiger partial charge < -0.3 is 10.6 Å². The highest BCUT2D eigenvalue weighted by molar-refractivity contribution is 6.17. The highest BCUT2D eigenvalue weighted by Crippen LogP contribution is 2.01. The zero-order valence-corrected chi connectivity index (χ0v) is 7.13. The molecule has 1 aliphatic rings. The van der Waals surface area contributed by atoms with Crippen molar-refractivity contribution in [3.8, 4) is 0 Å². The SMILES string of the molecule is CNCCC1=NC(=O)C(F)C(=O)N1. The molecular weight excluding hydrogens is 177 g/mol. The van der Waals surface area contributed by atoms with Gasteiger partial charge in [-0.2, -0.15) is 4.99 Å². The Labute approximate surface area is 74.4 Å². The van der Waals surface area contributed by atoms with Gasteiger partial charge >= 0.3 is 0 Å². The van der Waals surface area contributed by atoms with Gasteiger partial charge in [-0.25, -0.2) is 4.39 Å². The Kier molecular flexibility index (Phi) is 3.07. The topological polar surface area (TPSA) is 70.6 Å². The van der Waals surface area contributed by atoms with E-state index in [1.165, 1.54) is 0 Å². The summed E-state index contributed by atoms with van der Waals surface area (Å²) >= 11 is 0. The van der Waals surface area contributed by atoms with Crippen LogP contribution in [0.5, 0.6) is 0 Å². The van der Waals surface area contributed by atoms with Crippen LogP contribution >= 0.6 is 0 Å². The molecule has 0 saturated carbocycles. The van der Waals surface area contributed by atoms with Crippen molar-refractivity contribution < 1.29 is 14.0 Å². The van der Waals surface area contributed by atoms with Gasteiger partial charge in [0.15, 0.2) is 0 Å². The Morgan fingerprint density at radius 3 is 2.85 bits per heavy atom. The smallest absolute Gasteiger partial charge is 0.291 e. The molecule has 0 saturated heterocycles. The number of amidine groups is 1. The number of carbonyl (C=O) groups excluding carboxylic acids is 2. The number of aliphatic imine (C=N–C) groups is 1. The van der Waals surface area contributed by atoms with E-state index in [-0.39, 0.29) is 5.84 Å². The number of amides is 2. The van der Waals surface area contributed by atoms with Gasteiger partial charge in [-0.15, -0.1) is 0 Å². The fourth-order valence-electron chi connectivity index (χ4n) is 0.897. The Bertz CT molecular complexity index is 264. The Morgan fingerprint density at radius 1 is 1.62 bits per heavy atom. The van der Waals surface area contributed by atoms with E-state index in [0.717, 1.165) is 0 Å². The molecule has 0 spiro atoms. The van der Waals surface area contributed by atoms with Gasteiger partial charge in [0, 0.05) is 13.0 Å². The highest BCUT2D eigenvalue weighted by atomic mass is 19.1. The second-order valence-corrected chi connectivity index (χ2v) is 2.60. The zero-order chi connectivity index (χ0) is 9.84. The molecule has 5 nitrogen and oxygen atoms in total. The number of hydrogen-bond donors (Lipinski definition) is 2. The maximum atomic E-state index is 12.6. The quantitative estimate of drug-likeness (QED) is 0.556. The highest BCUT2D eigenvalue weighted by Gasteiger charge is 2.30. The van der Waals surface area contributed by atoms with E-state index in [1.54, 1.807) is 7.05 Å². The molecule has 0 radical (unpaired) electrons. The molecule has 13 heavy (non-hydrogen) atoms. The summed E-state index contributed by atoms with van der Waals surface area (Å²) in [5.74, 6) is -1.72. The number of carbonyl (C=O) groups is 2. The van der Waals surface area contributed by atoms with Crippen LogP contribution in [-0.2, 0) is 9.59 Å². The lowest BCUT2D eigenvalue weighted by molar-refractivity contribution is -0.134. The first-order chi connectivity index (χ1) is 6.15. The van der Waals surface area contributed by atoms with Crippen LogP contribution in [0.25, 0.3) is 0 Å². The predicted molar refractivity (Wildman–Crippen MR) is 44.0 cm³/mol. The monoisotopic (exact) mass is 187 g/mol. The van der Waals surface area contributed by atoms with Crippen molar-refractivity contribution in [1.29, 1.82) is 0 Å². The Balaban J connectivity index is 2.62. The molecule has 1 aliphatic heterocycles. The molecule has 0 aromatic heterocycles. The van der Waals surface area contributed by atoms with Crippen molar-refractivity contribution in [3.63, 3.8) is 0 Å². The molecule has 1 rings (SSSR count). The predicted octanol–water partition coefficient (Wildman–Crippen LogP) is -1.01. The van der Waals surface area contributed by atoms with E-state index < -0.39 is 18.0 Å². The van der Waals surface area contributed by atoms with E-state index in [0.29, 0.717) is 13.0 Å². The summed E-state index contributed by atoms with van der Waals surface area (Å²) < 4.78 is 12.6.